The molecule has 2 aromatic rings. The van der Waals surface area contributed by atoms with E-state index in [9.17, 15) is 4.79 Å². The van der Waals surface area contributed by atoms with E-state index in [0.29, 0.717) is 6.61 Å². The summed E-state index contributed by atoms with van der Waals surface area (Å²) in [5.41, 5.74) is 1.74. The predicted molar refractivity (Wildman–Crippen MR) is 97.5 cm³/mol. The monoisotopic (exact) mass is 326 g/mol. The zero-order chi connectivity index (χ0) is 16.5. The van der Waals surface area contributed by atoms with Gasteiger partial charge < -0.3 is 10.1 Å². The molecule has 0 saturated heterocycles. The Balaban J connectivity index is 1.84. The van der Waals surface area contributed by atoms with Crippen molar-refractivity contribution in [2.45, 2.75) is 6.92 Å². The average Bonchev–Trinajstić information content (AvgIpc) is 2.56. The molecule has 0 saturated carbocycles. The highest BCUT2D eigenvalue weighted by Gasteiger charge is 2.02. The van der Waals surface area contributed by atoms with E-state index in [1.54, 1.807) is 6.08 Å². The fraction of sp³-hybridized carbons (Fsp3) is 0.111. The lowest BCUT2D eigenvalue weighted by Crippen LogP contribution is -2.32. The zero-order valence-electron chi connectivity index (χ0n) is 12.8. The summed E-state index contributed by atoms with van der Waals surface area (Å²) < 4.78 is 5.36. The largest absolute Gasteiger partial charge is 0.494 e. The van der Waals surface area contributed by atoms with Crippen LogP contribution in [-0.2, 0) is 4.79 Å². The maximum atomic E-state index is 11.8. The van der Waals surface area contributed by atoms with Crippen molar-refractivity contribution < 1.29 is 9.53 Å². The second-order valence-corrected chi connectivity index (χ2v) is 5.05. The van der Waals surface area contributed by atoms with Crippen LogP contribution in [0.2, 0.25) is 0 Å². The topological polar surface area (TPSA) is 50.4 Å². The van der Waals surface area contributed by atoms with Crippen LogP contribution in [0.5, 0.6) is 5.75 Å². The first-order valence-electron chi connectivity index (χ1n) is 7.25. The molecule has 1 amide bonds. The summed E-state index contributed by atoms with van der Waals surface area (Å²) in [5.74, 6) is 0.510. The van der Waals surface area contributed by atoms with Gasteiger partial charge in [-0.1, -0.05) is 30.3 Å². The van der Waals surface area contributed by atoms with Gasteiger partial charge in [-0.2, -0.15) is 0 Å². The first-order chi connectivity index (χ1) is 11.2. The van der Waals surface area contributed by atoms with E-state index in [-0.39, 0.29) is 11.0 Å². The third-order valence-electron chi connectivity index (χ3n) is 2.89. The number of nitrogens with one attached hydrogen (secondary N) is 2. The fourth-order valence-electron chi connectivity index (χ4n) is 1.85. The van der Waals surface area contributed by atoms with Gasteiger partial charge in [0.05, 0.1) is 6.61 Å². The minimum absolute atomic E-state index is 0.247. The van der Waals surface area contributed by atoms with Gasteiger partial charge in [-0.05, 0) is 55.0 Å². The van der Waals surface area contributed by atoms with Crippen LogP contribution >= 0.6 is 12.2 Å². The summed E-state index contributed by atoms with van der Waals surface area (Å²) in [6, 6.07) is 16.9. The Morgan fingerprint density at radius 1 is 1.13 bits per heavy atom. The van der Waals surface area contributed by atoms with Crippen LogP contribution in [0, 0.1) is 0 Å². The van der Waals surface area contributed by atoms with E-state index < -0.39 is 0 Å². The molecular formula is C18H18N2O2S. The number of carbonyl (C=O) groups excluding carboxylic acids is 1. The Morgan fingerprint density at radius 2 is 1.83 bits per heavy atom. The van der Waals surface area contributed by atoms with E-state index in [1.807, 2.05) is 61.5 Å². The van der Waals surface area contributed by atoms with Gasteiger partial charge in [-0.15, -0.1) is 0 Å². The van der Waals surface area contributed by atoms with E-state index in [0.717, 1.165) is 17.0 Å². The molecule has 0 fully saturated rings. The Morgan fingerprint density at radius 3 is 2.48 bits per heavy atom. The summed E-state index contributed by atoms with van der Waals surface area (Å²) in [6.45, 7) is 2.55. The molecule has 2 N–H and O–H groups in total. The lowest BCUT2D eigenvalue weighted by molar-refractivity contribution is -0.115. The average molecular weight is 326 g/mol. The number of amides is 1. The maximum Gasteiger partial charge on any atom is 0.250 e. The Bertz CT molecular complexity index is 682. The van der Waals surface area contributed by atoms with Crippen LogP contribution in [0.4, 0.5) is 5.69 Å². The molecule has 0 radical (unpaired) electrons. The smallest absolute Gasteiger partial charge is 0.250 e. The van der Waals surface area contributed by atoms with Crippen molar-refractivity contribution in [1.82, 2.24) is 5.32 Å². The SMILES string of the molecule is CCOc1ccc(NC(=S)NC(=O)/C=C\c2ccccc2)cc1. The van der Waals surface area contributed by atoms with Crippen LogP contribution in [0.25, 0.3) is 6.08 Å². The molecule has 0 aliphatic rings. The standard InChI is InChI=1S/C18H18N2O2S/c1-2-22-16-11-9-15(10-12-16)19-18(23)20-17(21)13-8-14-6-4-3-5-7-14/h3-13H,2H2,1H3,(H2,19,20,21,23)/b13-8-. The fourth-order valence-corrected chi connectivity index (χ4v) is 2.07. The van der Waals surface area contributed by atoms with Crippen molar-refractivity contribution in [2.24, 2.45) is 0 Å². The summed E-state index contributed by atoms with van der Waals surface area (Å²) in [5, 5.41) is 5.80. The minimum Gasteiger partial charge on any atom is -0.494 e. The van der Waals surface area contributed by atoms with Crippen LogP contribution in [0.3, 0.4) is 0 Å². The molecule has 0 aromatic heterocycles. The third-order valence-corrected chi connectivity index (χ3v) is 3.09. The molecule has 2 rings (SSSR count). The molecule has 0 bridgehead atoms. The molecule has 2 aromatic carbocycles. The molecule has 23 heavy (non-hydrogen) atoms. The second-order valence-electron chi connectivity index (χ2n) is 4.64. The van der Waals surface area contributed by atoms with Crippen molar-refractivity contribution in [1.29, 1.82) is 0 Å². The predicted octanol–water partition coefficient (Wildman–Crippen LogP) is 3.61. The summed E-state index contributed by atoms with van der Waals surface area (Å²) >= 11 is 5.12. The van der Waals surface area contributed by atoms with Gasteiger partial charge in [0.25, 0.3) is 0 Å². The number of rotatable bonds is 5. The Labute approximate surface area is 141 Å². The molecule has 0 aliphatic heterocycles. The maximum absolute atomic E-state index is 11.8. The highest BCUT2D eigenvalue weighted by atomic mass is 32.1. The molecular weight excluding hydrogens is 308 g/mol. The van der Waals surface area contributed by atoms with Crippen molar-refractivity contribution in [3.05, 3.63) is 66.2 Å². The van der Waals surface area contributed by atoms with Gasteiger partial charge in [0.15, 0.2) is 5.11 Å². The van der Waals surface area contributed by atoms with Crippen molar-refractivity contribution in [2.75, 3.05) is 11.9 Å². The van der Waals surface area contributed by atoms with Gasteiger partial charge in [0, 0.05) is 11.8 Å². The van der Waals surface area contributed by atoms with Gasteiger partial charge in [-0.25, -0.2) is 0 Å². The van der Waals surface area contributed by atoms with Gasteiger partial charge in [-0.3, -0.25) is 10.1 Å². The Kier molecular flexibility index (Phi) is 6.32. The summed E-state index contributed by atoms with van der Waals surface area (Å²) in [4.78, 5) is 11.8. The molecule has 0 unspecified atom stereocenters. The van der Waals surface area contributed by atoms with E-state index in [4.69, 9.17) is 17.0 Å². The number of carbonyl (C=O) groups is 1. The summed E-state index contributed by atoms with van der Waals surface area (Å²) in [7, 11) is 0. The number of hydrogen-bond donors (Lipinski definition) is 2. The number of ether oxygens (including phenoxy) is 1. The number of hydrogen-bond acceptors (Lipinski definition) is 3. The number of thiocarbonyl (C=S) groups is 1. The quantitative estimate of drug-likeness (QED) is 0.651. The molecule has 4 nitrogen and oxygen atoms in total. The molecule has 5 heteroatoms. The highest BCUT2D eigenvalue weighted by molar-refractivity contribution is 7.80. The van der Waals surface area contributed by atoms with Crippen LogP contribution in [0.1, 0.15) is 12.5 Å². The summed E-state index contributed by atoms with van der Waals surface area (Å²) in [6.07, 6.45) is 3.18. The first-order valence-corrected chi connectivity index (χ1v) is 7.66. The van der Waals surface area contributed by atoms with Crippen molar-refractivity contribution >= 4 is 35.0 Å². The van der Waals surface area contributed by atoms with Crippen molar-refractivity contribution in [3.8, 4) is 5.75 Å². The zero-order valence-corrected chi connectivity index (χ0v) is 13.6. The van der Waals surface area contributed by atoms with Crippen LogP contribution in [-0.4, -0.2) is 17.6 Å². The van der Waals surface area contributed by atoms with E-state index in [1.165, 1.54) is 6.08 Å². The third kappa shape index (κ3) is 5.92. The van der Waals surface area contributed by atoms with Gasteiger partial charge in [0.1, 0.15) is 5.75 Å². The van der Waals surface area contributed by atoms with Gasteiger partial charge in [0.2, 0.25) is 5.91 Å². The number of benzene rings is 2. The van der Waals surface area contributed by atoms with E-state index >= 15 is 0 Å². The normalized spacial score (nSPS) is 10.3. The highest BCUT2D eigenvalue weighted by Crippen LogP contribution is 2.15. The first kappa shape index (κ1) is 16.7. The molecule has 0 aliphatic carbocycles. The molecule has 0 atom stereocenters. The molecule has 0 heterocycles. The lowest BCUT2D eigenvalue weighted by Gasteiger charge is -2.09. The van der Waals surface area contributed by atoms with Gasteiger partial charge >= 0.3 is 0 Å². The minimum atomic E-state index is -0.280. The second kappa shape index (κ2) is 8.70. The molecule has 0 spiro atoms. The van der Waals surface area contributed by atoms with E-state index in [2.05, 4.69) is 10.6 Å². The van der Waals surface area contributed by atoms with Crippen LogP contribution < -0.4 is 15.4 Å². The lowest BCUT2D eigenvalue weighted by atomic mass is 10.2. The molecule has 118 valence electrons. The van der Waals surface area contributed by atoms with Crippen molar-refractivity contribution in [3.63, 3.8) is 0 Å². The number of anilines is 1. The Hall–Kier alpha value is -2.66. The van der Waals surface area contributed by atoms with Crippen LogP contribution in [0.15, 0.2) is 60.7 Å².